The lowest BCUT2D eigenvalue weighted by molar-refractivity contribution is -0.130. The van der Waals surface area contributed by atoms with Gasteiger partial charge in [0.15, 0.2) is 0 Å². The Labute approximate surface area is 124 Å². The summed E-state index contributed by atoms with van der Waals surface area (Å²) in [6, 6.07) is 7.22. The highest BCUT2D eigenvalue weighted by molar-refractivity contribution is 5.93. The van der Waals surface area contributed by atoms with Gasteiger partial charge in [0.1, 0.15) is 0 Å². The zero-order valence-electron chi connectivity index (χ0n) is 12.3. The van der Waals surface area contributed by atoms with E-state index in [4.69, 9.17) is 5.73 Å². The summed E-state index contributed by atoms with van der Waals surface area (Å²) in [5.41, 5.74) is 7.30. The summed E-state index contributed by atoms with van der Waals surface area (Å²) in [6.07, 6.45) is 0.699. The zero-order chi connectivity index (χ0) is 15.2. The molecular formula is C15H22N4O2. The van der Waals surface area contributed by atoms with Crippen LogP contribution in [-0.4, -0.2) is 42.4 Å². The number of nitrogens with two attached hydrogens (primary N) is 1. The van der Waals surface area contributed by atoms with E-state index >= 15 is 0 Å². The molecule has 114 valence electrons. The third kappa shape index (κ3) is 4.03. The van der Waals surface area contributed by atoms with Gasteiger partial charge in [0.2, 0.25) is 11.8 Å². The Bertz CT molecular complexity index is 501. The van der Waals surface area contributed by atoms with E-state index in [-0.39, 0.29) is 24.4 Å². The van der Waals surface area contributed by atoms with Gasteiger partial charge in [-0.3, -0.25) is 14.5 Å². The molecule has 0 bridgehead atoms. The molecule has 0 aromatic heterocycles. The monoisotopic (exact) mass is 290 g/mol. The van der Waals surface area contributed by atoms with E-state index in [1.54, 1.807) is 0 Å². The van der Waals surface area contributed by atoms with Crippen molar-refractivity contribution in [3.63, 3.8) is 0 Å². The first-order valence-corrected chi connectivity index (χ1v) is 7.24. The minimum absolute atomic E-state index is 0.00356. The van der Waals surface area contributed by atoms with Crippen LogP contribution in [0.15, 0.2) is 24.3 Å². The standard InChI is InChI=1S/C15H22N4O2/c1-2-13-15(21)17-7-8-19(13)10-14(20)18-12-5-3-11(9-16)4-6-12/h3-6,13H,2,7-10,16H2,1H3,(H,17,21)(H,18,20). The first kappa shape index (κ1) is 15.5. The number of rotatable bonds is 5. The molecule has 4 N–H and O–H groups in total. The first-order valence-electron chi connectivity index (χ1n) is 7.24. The van der Waals surface area contributed by atoms with E-state index < -0.39 is 0 Å². The van der Waals surface area contributed by atoms with Crippen molar-refractivity contribution in [2.75, 3.05) is 25.0 Å². The Hall–Kier alpha value is -1.92. The first-order chi connectivity index (χ1) is 10.1. The summed E-state index contributed by atoms with van der Waals surface area (Å²) >= 11 is 0. The molecule has 1 heterocycles. The molecule has 1 atom stereocenters. The van der Waals surface area contributed by atoms with Gasteiger partial charge in [0.25, 0.3) is 0 Å². The fraction of sp³-hybridized carbons (Fsp3) is 0.467. The Morgan fingerprint density at radius 1 is 1.43 bits per heavy atom. The van der Waals surface area contributed by atoms with Gasteiger partial charge in [0.05, 0.1) is 12.6 Å². The van der Waals surface area contributed by atoms with Crippen molar-refractivity contribution in [2.24, 2.45) is 5.73 Å². The van der Waals surface area contributed by atoms with E-state index in [9.17, 15) is 9.59 Å². The largest absolute Gasteiger partial charge is 0.353 e. The van der Waals surface area contributed by atoms with E-state index in [2.05, 4.69) is 10.6 Å². The van der Waals surface area contributed by atoms with Crippen molar-refractivity contribution >= 4 is 17.5 Å². The Kier molecular flexibility index (Phi) is 5.30. The van der Waals surface area contributed by atoms with Gasteiger partial charge in [-0.2, -0.15) is 0 Å². The number of hydrogen-bond donors (Lipinski definition) is 3. The Morgan fingerprint density at radius 3 is 2.76 bits per heavy atom. The second-order valence-corrected chi connectivity index (χ2v) is 5.13. The quantitative estimate of drug-likeness (QED) is 0.727. The van der Waals surface area contributed by atoms with Crippen molar-refractivity contribution < 1.29 is 9.59 Å². The second-order valence-electron chi connectivity index (χ2n) is 5.13. The number of piperazine rings is 1. The zero-order valence-corrected chi connectivity index (χ0v) is 12.3. The van der Waals surface area contributed by atoms with Gasteiger partial charge >= 0.3 is 0 Å². The van der Waals surface area contributed by atoms with Crippen LogP contribution in [0.4, 0.5) is 5.69 Å². The number of amides is 2. The molecule has 1 aliphatic rings. The molecule has 2 rings (SSSR count). The van der Waals surface area contributed by atoms with Crippen molar-refractivity contribution in [1.29, 1.82) is 0 Å². The molecule has 1 aliphatic heterocycles. The average Bonchev–Trinajstić information content (AvgIpc) is 2.48. The van der Waals surface area contributed by atoms with Gasteiger partial charge in [-0.25, -0.2) is 0 Å². The minimum Gasteiger partial charge on any atom is -0.353 e. The predicted molar refractivity (Wildman–Crippen MR) is 81.6 cm³/mol. The molecule has 1 unspecified atom stereocenters. The SMILES string of the molecule is CCC1C(=O)NCCN1CC(=O)Nc1ccc(CN)cc1. The summed E-state index contributed by atoms with van der Waals surface area (Å²) in [4.78, 5) is 25.8. The van der Waals surface area contributed by atoms with Crippen molar-refractivity contribution in [2.45, 2.75) is 25.9 Å². The highest BCUT2D eigenvalue weighted by atomic mass is 16.2. The summed E-state index contributed by atoms with van der Waals surface area (Å²) in [5, 5.41) is 5.67. The van der Waals surface area contributed by atoms with Crippen LogP contribution in [0, 0.1) is 0 Å². The maximum absolute atomic E-state index is 12.1. The van der Waals surface area contributed by atoms with Gasteiger partial charge in [-0.1, -0.05) is 19.1 Å². The topological polar surface area (TPSA) is 87.5 Å². The molecule has 0 spiro atoms. The molecule has 1 fully saturated rings. The van der Waals surface area contributed by atoms with Crippen LogP contribution >= 0.6 is 0 Å². The lowest BCUT2D eigenvalue weighted by Crippen LogP contribution is -2.56. The van der Waals surface area contributed by atoms with Crippen molar-refractivity contribution in [3.8, 4) is 0 Å². The Balaban J connectivity index is 1.92. The van der Waals surface area contributed by atoms with Crippen LogP contribution in [-0.2, 0) is 16.1 Å². The highest BCUT2D eigenvalue weighted by Crippen LogP contribution is 2.11. The molecule has 1 aromatic carbocycles. The molecule has 2 amide bonds. The van der Waals surface area contributed by atoms with Crippen LogP contribution in [0.2, 0.25) is 0 Å². The van der Waals surface area contributed by atoms with Gasteiger partial charge in [0, 0.05) is 25.3 Å². The van der Waals surface area contributed by atoms with Gasteiger partial charge in [-0.05, 0) is 24.1 Å². The molecule has 21 heavy (non-hydrogen) atoms. The lowest BCUT2D eigenvalue weighted by Gasteiger charge is -2.33. The molecule has 1 aromatic rings. The normalized spacial score (nSPS) is 19.1. The number of benzene rings is 1. The maximum atomic E-state index is 12.1. The number of nitrogens with zero attached hydrogens (tertiary/aromatic N) is 1. The number of nitrogens with one attached hydrogen (secondary N) is 2. The summed E-state index contributed by atoms with van der Waals surface area (Å²) in [6.45, 7) is 3.95. The smallest absolute Gasteiger partial charge is 0.238 e. The lowest BCUT2D eigenvalue weighted by atomic mass is 10.1. The van der Waals surface area contributed by atoms with E-state index in [0.717, 1.165) is 11.3 Å². The fourth-order valence-electron chi connectivity index (χ4n) is 2.50. The number of carbonyl (C=O) groups excluding carboxylic acids is 2. The second kappa shape index (κ2) is 7.19. The maximum Gasteiger partial charge on any atom is 0.238 e. The summed E-state index contributed by atoms with van der Waals surface area (Å²) < 4.78 is 0. The van der Waals surface area contributed by atoms with Crippen LogP contribution in [0.3, 0.4) is 0 Å². The molecule has 1 saturated heterocycles. The molecule has 0 radical (unpaired) electrons. The molecule has 6 heteroatoms. The predicted octanol–water partition coefficient (Wildman–Crippen LogP) is 0.294. The minimum atomic E-state index is -0.218. The van der Waals surface area contributed by atoms with Crippen molar-refractivity contribution in [3.05, 3.63) is 29.8 Å². The fourth-order valence-corrected chi connectivity index (χ4v) is 2.50. The molecule has 0 aliphatic carbocycles. The van der Waals surface area contributed by atoms with E-state index in [0.29, 0.717) is 26.1 Å². The molecular weight excluding hydrogens is 268 g/mol. The van der Waals surface area contributed by atoms with Gasteiger partial charge < -0.3 is 16.4 Å². The van der Waals surface area contributed by atoms with Gasteiger partial charge in [-0.15, -0.1) is 0 Å². The third-order valence-electron chi connectivity index (χ3n) is 3.65. The van der Waals surface area contributed by atoms with E-state index in [1.807, 2.05) is 36.1 Å². The number of anilines is 1. The Morgan fingerprint density at radius 2 is 2.14 bits per heavy atom. The van der Waals surface area contributed by atoms with E-state index in [1.165, 1.54) is 0 Å². The molecule has 6 nitrogen and oxygen atoms in total. The highest BCUT2D eigenvalue weighted by Gasteiger charge is 2.29. The third-order valence-corrected chi connectivity index (χ3v) is 3.65. The van der Waals surface area contributed by atoms with Crippen LogP contribution in [0.1, 0.15) is 18.9 Å². The number of carbonyl (C=O) groups is 2. The average molecular weight is 290 g/mol. The summed E-state index contributed by atoms with van der Waals surface area (Å²) in [7, 11) is 0. The molecule has 0 saturated carbocycles. The number of hydrogen-bond acceptors (Lipinski definition) is 4. The van der Waals surface area contributed by atoms with Crippen LogP contribution < -0.4 is 16.4 Å². The van der Waals surface area contributed by atoms with Crippen LogP contribution in [0.25, 0.3) is 0 Å². The summed E-state index contributed by atoms with van der Waals surface area (Å²) in [5.74, 6) is -0.104. The van der Waals surface area contributed by atoms with Crippen molar-refractivity contribution in [1.82, 2.24) is 10.2 Å². The van der Waals surface area contributed by atoms with Crippen LogP contribution in [0.5, 0.6) is 0 Å².